The Morgan fingerprint density at radius 1 is 0.861 bits per heavy atom. The first-order valence-electron chi connectivity index (χ1n) is 11.8. The molecule has 0 unspecified atom stereocenters. The zero-order valence-electron chi connectivity index (χ0n) is 20.1. The molecule has 1 aliphatic heterocycles. The van der Waals surface area contributed by atoms with E-state index in [1.165, 1.54) is 28.3 Å². The molecule has 0 atom stereocenters. The van der Waals surface area contributed by atoms with Gasteiger partial charge in [0.1, 0.15) is 0 Å². The van der Waals surface area contributed by atoms with Gasteiger partial charge in [-0.05, 0) is 35.7 Å². The summed E-state index contributed by atoms with van der Waals surface area (Å²) in [6.07, 6.45) is 0.580. The first-order valence-corrected chi connectivity index (χ1v) is 13.3. The van der Waals surface area contributed by atoms with Crippen LogP contribution in [0.5, 0.6) is 0 Å². The van der Waals surface area contributed by atoms with Gasteiger partial charge in [-0.2, -0.15) is 4.31 Å². The van der Waals surface area contributed by atoms with Crippen LogP contribution in [0.25, 0.3) is 0 Å². The van der Waals surface area contributed by atoms with Crippen LogP contribution in [0.3, 0.4) is 0 Å². The van der Waals surface area contributed by atoms with Crippen LogP contribution in [0.4, 0.5) is 14.5 Å². The number of rotatable bonds is 4. The lowest BCUT2D eigenvalue weighted by Gasteiger charge is -2.27. The summed E-state index contributed by atoms with van der Waals surface area (Å²) in [5, 5.41) is 0. The molecule has 0 aromatic heterocycles. The van der Waals surface area contributed by atoms with Gasteiger partial charge in [-0.3, -0.25) is 9.69 Å². The minimum Gasteiger partial charge on any atom is -0.312 e. The van der Waals surface area contributed by atoms with Gasteiger partial charge in [-0.1, -0.05) is 48.5 Å². The summed E-state index contributed by atoms with van der Waals surface area (Å²) in [5.41, 5.74) is 1.51. The summed E-state index contributed by atoms with van der Waals surface area (Å²) in [6.45, 7) is 3.23. The maximum absolute atomic E-state index is 14.3. The highest BCUT2D eigenvalue weighted by molar-refractivity contribution is 7.89. The van der Waals surface area contributed by atoms with Crippen molar-refractivity contribution in [3.05, 3.63) is 95.6 Å². The van der Waals surface area contributed by atoms with Crippen molar-refractivity contribution < 1.29 is 22.0 Å². The fraction of sp³-hybridized carbons (Fsp3) is 0.296. The molecule has 36 heavy (non-hydrogen) atoms. The van der Waals surface area contributed by atoms with Crippen LogP contribution in [0, 0.1) is 11.6 Å². The van der Waals surface area contributed by atoms with Gasteiger partial charge in [0.15, 0.2) is 11.6 Å². The molecule has 0 aliphatic carbocycles. The van der Waals surface area contributed by atoms with E-state index < -0.39 is 21.7 Å². The molecule has 1 amide bonds. The Labute approximate surface area is 210 Å². The molecule has 4 rings (SSSR count). The standard InChI is InChI=1S/C27H29F2N3O3S/c1-21(33)32-14-8-13-30(19-22-9-4-2-5-10-22)15-16-31(36(34,35)24-11-6-3-7-12-24)20-23-17-25(28)26(29)18-27(23)32/h2-7,9-12,17-18H,8,13-16,19-20H2,1H3. The lowest BCUT2D eigenvalue weighted by molar-refractivity contribution is -0.116. The van der Waals surface area contributed by atoms with E-state index in [-0.39, 0.29) is 35.1 Å². The third-order valence-electron chi connectivity index (χ3n) is 6.29. The predicted octanol–water partition coefficient (Wildman–Crippen LogP) is 4.41. The van der Waals surface area contributed by atoms with Gasteiger partial charge in [-0.15, -0.1) is 0 Å². The van der Waals surface area contributed by atoms with Crippen LogP contribution in [0.15, 0.2) is 77.7 Å². The van der Waals surface area contributed by atoms with Gasteiger partial charge < -0.3 is 4.90 Å². The van der Waals surface area contributed by atoms with Crippen LogP contribution in [0.2, 0.25) is 0 Å². The third kappa shape index (κ3) is 5.98. The van der Waals surface area contributed by atoms with Crippen LogP contribution in [-0.4, -0.2) is 49.7 Å². The fourth-order valence-electron chi connectivity index (χ4n) is 4.44. The van der Waals surface area contributed by atoms with E-state index in [0.29, 0.717) is 32.6 Å². The van der Waals surface area contributed by atoms with Crippen molar-refractivity contribution in [1.29, 1.82) is 0 Å². The molecule has 0 radical (unpaired) electrons. The minimum absolute atomic E-state index is 0.113. The molecule has 0 spiro atoms. The molecule has 0 bridgehead atoms. The predicted molar refractivity (Wildman–Crippen MR) is 135 cm³/mol. The molecule has 6 nitrogen and oxygen atoms in total. The first kappa shape index (κ1) is 25.9. The van der Waals surface area contributed by atoms with Crippen molar-refractivity contribution in [2.45, 2.75) is 31.3 Å². The summed E-state index contributed by atoms with van der Waals surface area (Å²) >= 11 is 0. The van der Waals surface area contributed by atoms with Gasteiger partial charge in [0.05, 0.1) is 10.6 Å². The van der Waals surface area contributed by atoms with Gasteiger partial charge in [-0.25, -0.2) is 17.2 Å². The number of sulfonamides is 1. The number of fused-ring (bicyclic) bond motifs is 1. The number of hydrogen-bond acceptors (Lipinski definition) is 4. The van der Waals surface area contributed by atoms with E-state index in [4.69, 9.17) is 0 Å². The van der Waals surface area contributed by atoms with Crippen molar-refractivity contribution in [3.63, 3.8) is 0 Å². The minimum atomic E-state index is -3.95. The Balaban J connectivity index is 1.76. The number of carbonyl (C=O) groups excluding carboxylic acids is 1. The second-order valence-electron chi connectivity index (χ2n) is 8.83. The summed E-state index contributed by atoms with van der Waals surface area (Å²) < 4.78 is 57.2. The second kappa shape index (κ2) is 11.3. The van der Waals surface area contributed by atoms with Crippen LogP contribution in [0.1, 0.15) is 24.5 Å². The van der Waals surface area contributed by atoms with E-state index in [1.807, 2.05) is 30.3 Å². The Morgan fingerprint density at radius 3 is 2.17 bits per heavy atom. The fourth-order valence-corrected chi connectivity index (χ4v) is 5.87. The van der Waals surface area contributed by atoms with E-state index in [9.17, 15) is 22.0 Å². The lowest BCUT2D eigenvalue weighted by Crippen LogP contribution is -2.38. The van der Waals surface area contributed by atoms with Crippen molar-refractivity contribution in [2.24, 2.45) is 0 Å². The molecular formula is C27H29F2N3O3S. The first-order chi connectivity index (χ1) is 17.3. The molecule has 3 aromatic carbocycles. The summed E-state index contributed by atoms with van der Waals surface area (Å²) in [5.74, 6) is -2.50. The van der Waals surface area contributed by atoms with Crippen molar-refractivity contribution in [3.8, 4) is 0 Å². The number of anilines is 1. The molecule has 9 heteroatoms. The molecule has 1 heterocycles. The molecule has 190 valence electrons. The lowest BCUT2D eigenvalue weighted by atomic mass is 10.1. The van der Waals surface area contributed by atoms with Gasteiger partial charge >= 0.3 is 0 Å². The van der Waals surface area contributed by atoms with Gasteiger partial charge in [0.25, 0.3) is 0 Å². The molecular weight excluding hydrogens is 484 g/mol. The highest BCUT2D eigenvalue weighted by Gasteiger charge is 2.29. The normalized spacial score (nSPS) is 16.2. The number of hydrogen-bond donors (Lipinski definition) is 0. The number of amides is 1. The van der Waals surface area contributed by atoms with Crippen LogP contribution < -0.4 is 4.90 Å². The molecule has 3 aromatic rings. The van der Waals surface area contributed by atoms with Crippen LogP contribution >= 0.6 is 0 Å². The number of halogens is 2. The highest BCUT2D eigenvalue weighted by Crippen LogP contribution is 2.29. The molecule has 0 saturated carbocycles. The maximum Gasteiger partial charge on any atom is 0.243 e. The number of nitrogens with zero attached hydrogens (tertiary/aromatic N) is 3. The average molecular weight is 514 g/mol. The SMILES string of the molecule is CC(=O)N1CCCN(Cc2ccccc2)CCN(S(=O)(=O)c2ccccc2)Cc2cc(F)c(F)cc21. The quantitative estimate of drug-likeness (QED) is 0.519. The summed E-state index contributed by atoms with van der Waals surface area (Å²) in [7, 11) is -3.95. The van der Waals surface area contributed by atoms with E-state index in [0.717, 1.165) is 17.7 Å². The second-order valence-corrected chi connectivity index (χ2v) is 10.8. The maximum atomic E-state index is 14.3. The Bertz CT molecular complexity index is 1300. The topological polar surface area (TPSA) is 60.9 Å². The monoisotopic (exact) mass is 513 g/mol. The Hall–Kier alpha value is -3.14. The Kier molecular flexibility index (Phi) is 8.13. The molecule has 1 aliphatic rings. The largest absolute Gasteiger partial charge is 0.312 e. The molecule has 0 saturated heterocycles. The summed E-state index contributed by atoms with van der Waals surface area (Å²) in [6, 6.07) is 19.9. The number of benzene rings is 3. The van der Waals surface area contributed by atoms with Crippen molar-refractivity contribution in [2.75, 3.05) is 31.1 Å². The zero-order chi connectivity index (χ0) is 25.7. The van der Waals surface area contributed by atoms with E-state index >= 15 is 0 Å². The third-order valence-corrected chi connectivity index (χ3v) is 8.15. The highest BCUT2D eigenvalue weighted by atomic mass is 32.2. The van der Waals surface area contributed by atoms with Gasteiger partial charge in [0, 0.05) is 52.3 Å². The van der Waals surface area contributed by atoms with Gasteiger partial charge in [0.2, 0.25) is 15.9 Å². The smallest absolute Gasteiger partial charge is 0.243 e. The number of carbonyl (C=O) groups is 1. The van der Waals surface area contributed by atoms with E-state index in [2.05, 4.69) is 4.90 Å². The summed E-state index contributed by atoms with van der Waals surface area (Å²) in [4.78, 5) is 16.2. The zero-order valence-corrected chi connectivity index (χ0v) is 20.9. The van der Waals surface area contributed by atoms with Crippen molar-refractivity contribution >= 4 is 21.6 Å². The van der Waals surface area contributed by atoms with Crippen LogP contribution in [-0.2, 0) is 27.9 Å². The molecule has 0 N–H and O–H groups in total. The van der Waals surface area contributed by atoms with Crippen molar-refractivity contribution in [1.82, 2.24) is 9.21 Å². The van der Waals surface area contributed by atoms with E-state index in [1.54, 1.807) is 18.2 Å². The average Bonchev–Trinajstić information content (AvgIpc) is 2.89. The molecule has 0 fully saturated rings. The Morgan fingerprint density at radius 2 is 1.50 bits per heavy atom.